The van der Waals surface area contributed by atoms with Crippen molar-refractivity contribution in [1.29, 1.82) is 5.26 Å². The van der Waals surface area contributed by atoms with Crippen molar-refractivity contribution in [3.63, 3.8) is 0 Å². The topological polar surface area (TPSA) is 74.5 Å². The molecule has 0 bridgehead atoms. The van der Waals surface area contributed by atoms with Crippen LogP contribution in [0.4, 0.5) is 8.78 Å². The van der Waals surface area contributed by atoms with E-state index >= 15 is 0 Å². The molecule has 2 rings (SSSR count). The molecule has 116 valence electrons. The minimum absolute atomic E-state index is 0.330. The third-order valence-electron chi connectivity index (χ3n) is 2.74. The smallest absolute Gasteiger partial charge is 0.277 e. The van der Waals surface area contributed by atoms with Crippen molar-refractivity contribution >= 4 is 12.1 Å². The normalized spacial score (nSPS) is 10.3. The van der Waals surface area contributed by atoms with E-state index in [0.717, 1.165) is 18.3 Å². The Morgan fingerprint density at radius 2 is 1.87 bits per heavy atom. The summed E-state index contributed by atoms with van der Waals surface area (Å²) >= 11 is 0. The fourth-order valence-corrected chi connectivity index (χ4v) is 1.61. The van der Waals surface area contributed by atoms with Crippen molar-refractivity contribution < 1.29 is 18.3 Å². The molecule has 0 aliphatic carbocycles. The lowest BCUT2D eigenvalue weighted by molar-refractivity contribution is -0.123. The maximum atomic E-state index is 13.3. The summed E-state index contributed by atoms with van der Waals surface area (Å²) in [6, 6.07) is 11.5. The zero-order valence-electron chi connectivity index (χ0n) is 11.8. The molecule has 2 aromatic carbocycles. The molecule has 0 saturated carbocycles. The average molecular weight is 315 g/mol. The van der Waals surface area contributed by atoms with Crippen LogP contribution < -0.4 is 10.2 Å². The van der Waals surface area contributed by atoms with E-state index in [1.165, 1.54) is 6.07 Å². The number of hydrogen-bond acceptors (Lipinski definition) is 4. The van der Waals surface area contributed by atoms with Gasteiger partial charge in [-0.1, -0.05) is 6.07 Å². The number of nitrogens with zero attached hydrogens (tertiary/aromatic N) is 2. The second-order valence-electron chi connectivity index (χ2n) is 4.35. The zero-order chi connectivity index (χ0) is 16.7. The first-order valence-corrected chi connectivity index (χ1v) is 6.49. The molecular formula is C16H11F2N3O2. The predicted octanol–water partition coefficient (Wildman–Crippen LogP) is 2.37. The molecule has 0 unspecified atom stereocenters. The highest BCUT2D eigenvalue weighted by atomic mass is 19.1. The number of amides is 1. The van der Waals surface area contributed by atoms with E-state index in [0.29, 0.717) is 11.3 Å². The number of hydrogen-bond donors (Lipinski definition) is 1. The Morgan fingerprint density at radius 3 is 2.48 bits per heavy atom. The number of carbonyl (C=O) groups excluding carboxylic acids is 1. The molecule has 0 aliphatic heterocycles. The lowest BCUT2D eigenvalue weighted by atomic mass is 10.2. The minimum atomic E-state index is -0.781. The third kappa shape index (κ3) is 4.61. The van der Waals surface area contributed by atoms with Crippen LogP contribution in [0.3, 0.4) is 0 Å². The van der Waals surface area contributed by atoms with Crippen LogP contribution in [-0.4, -0.2) is 18.7 Å². The van der Waals surface area contributed by atoms with Gasteiger partial charge in [-0.05, 0) is 36.4 Å². The summed E-state index contributed by atoms with van der Waals surface area (Å²) in [6.07, 6.45) is 0.879. The molecule has 0 heterocycles. The predicted molar refractivity (Wildman–Crippen MR) is 78.7 cm³/mol. The molecule has 7 heteroatoms. The lowest BCUT2D eigenvalue weighted by Gasteiger charge is -2.04. The summed E-state index contributed by atoms with van der Waals surface area (Å²) in [6.45, 7) is -0.330. The van der Waals surface area contributed by atoms with Gasteiger partial charge in [0.25, 0.3) is 5.91 Å². The van der Waals surface area contributed by atoms with Crippen LogP contribution in [-0.2, 0) is 4.79 Å². The number of nitrogens with one attached hydrogen (secondary N) is 1. The second kappa shape index (κ2) is 7.66. The maximum absolute atomic E-state index is 13.3. The number of rotatable bonds is 5. The van der Waals surface area contributed by atoms with Gasteiger partial charge in [-0.15, -0.1) is 0 Å². The van der Waals surface area contributed by atoms with Crippen LogP contribution in [0.2, 0.25) is 0 Å². The molecule has 0 fully saturated rings. The first-order valence-electron chi connectivity index (χ1n) is 6.49. The van der Waals surface area contributed by atoms with Crippen molar-refractivity contribution in [2.45, 2.75) is 0 Å². The number of benzene rings is 2. The molecule has 0 aromatic heterocycles. The van der Waals surface area contributed by atoms with E-state index in [1.54, 1.807) is 24.3 Å². The molecule has 0 atom stereocenters. The Morgan fingerprint density at radius 1 is 1.22 bits per heavy atom. The van der Waals surface area contributed by atoms with Gasteiger partial charge in [0, 0.05) is 0 Å². The fraction of sp³-hybridized carbons (Fsp3) is 0.0625. The highest BCUT2D eigenvalue weighted by Gasteiger charge is 2.06. The fourth-order valence-electron chi connectivity index (χ4n) is 1.61. The number of carbonyl (C=O) groups is 1. The average Bonchev–Trinajstić information content (AvgIpc) is 2.56. The molecule has 0 aliphatic rings. The number of halogens is 2. The molecule has 0 saturated heterocycles. The standard InChI is InChI=1S/C16H11F2N3O2/c17-14-2-1-3-15(18)13(14)9-20-21-16(22)10-23-12-6-4-11(8-19)5-7-12/h1-7,9H,10H2,(H,21,22)/b20-9+. The second-order valence-corrected chi connectivity index (χ2v) is 4.35. The van der Waals surface area contributed by atoms with Gasteiger partial charge < -0.3 is 4.74 Å². The first-order chi connectivity index (χ1) is 11.1. The Balaban J connectivity index is 1.85. The molecular weight excluding hydrogens is 304 g/mol. The van der Waals surface area contributed by atoms with E-state index in [2.05, 4.69) is 10.5 Å². The minimum Gasteiger partial charge on any atom is -0.484 e. The monoisotopic (exact) mass is 315 g/mol. The van der Waals surface area contributed by atoms with Crippen LogP contribution >= 0.6 is 0 Å². The quantitative estimate of drug-likeness (QED) is 0.680. The maximum Gasteiger partial charge on any atom is 0.277 e. The van der Waals surface area contributed by atoms with Gasteiger partial charge in [-0.3, -0.25) is 4.79 Å². The number of hydrazone groups is 1. The Kier molecular flexibility index (Phi) is 5.36. The van der Waals surface area contributed by atoms with E-state index in [-0.39, 0.29) is 12.2 Å². The Bertz CT molecular complexity index is 748. The first kappa shape index (κ1) is 16.1. The van der Waals surface area contributed by atoms with Gasteiger partial charge in [-0.25, -0.2) is 14.2 Å². The molecule has 1 amide bonds. The van der Waals surface area contributed by atoms with Gasteiger partial charge in [0.15, 0.2) is 6.61 Å². The van der Waals surface area contributed by atoms with Crippen LogP contribution in [0.5, 0.6) is 5.75 Å². The van der Waals surface area contributed by atoms with E-state index in [1.807, 2.05) is 6.07 Å². The van der Waals surface area contributed by atoms with Crippen LogP contribution in [0.1, 0.15) is 11.1 Å². The van der Waals surface area contributed by atoms with Gasteiger partial charge in [0.1, 0.15) is 17.4 Å². The van der Waals surface area contributed by atoms with Crippen molar-refractivity contribution in [3.8, 4) is 11.8 Å². The van der Waals surface area contributed by atoms with E-state index < -0.39 is 17.5 Å². The van der Waals surface area contributed by atoms with Crippen LogP contribution in [0, 0.1) is 23.0 Å². The summed E-state index contributed by atoms with van der Waals surface area (Å²) in [7, 11) is 0. The van der Waals surface area contributed by atoms with Crippen molar-refractivity contribution in [3.05, 3.63) is 65.2 Å². The largest absolute Gasteiger partial charge is 0.484 e. The van der Waals surface area contributed by atoms with Gasteiger partial charge in [0.05, 0.1) is 23.4 Å². The summed E-state index contributed by atoms with van der Waals surface area (Å²) in [5.41, 5.74) is 2.22. The van der Waals surface area contributed by atoms with Crippen molar-refractivity contribution in [2.75, 3.05) is 6.61 Å². The summed E-state index contributed by atoms with van der Waals surface area (Å²) in [5, 5.41) is 12.1. The van der Waals surface area contributed by atoms with Crippen molar-refractivity contribution in [2.24, 2.45) is 5.10 Å². The summed E-state index contributed by atoms with van der Waals surface area (Å²) in [4.78, 5) is 11.5. The molecule has 1 N–H and O–H groups in total. The molecule has 2 aromatic rings. The summed E-state index contributed by atoms with van der Waals surface area (Å²) < 4.78 is 31.8. The van der Waals surface area contributed by atoms with E-state index in [4.69, 9.17) is 10.00 Å². The number of nitriles is 1. The van der Waals surface area contributed by atoms with Gasteiger partial charge in [0.2, 0.25) is 0 Å². The van der Waals surface area contributed by atoms with Crippen molar-refractivity contribution in [1.82, 2.24) is 5.43 Å². The molecule has 0 spiro atoms. The lowest BCUT2D eigenvalue weighted by Crippen LogP contribution is -2.24. The third-order valence-corrected chi connectivity index (χ3v) is 2.74. The Hall–Kier alpha value is -3.27. The van der Waals surface area contributed by atoms with E-state index in [9.17, 15) is 13.6 Å². The summed E-state index contributed by atoms with van der Waals surface area (Å²) in [5.74, 6) is -1.75. The van der Waals surface area contributed by atoms with Gasteiger partial charge >= 0.3 is 0 Å². The zero-order valence-corrected chi connectivity index (χ0v) is 11.8. The molecule has 0 radical (unpaired) electrons. The Labute approximate surface area is 130 Å². The SMILES string of the molecule is N#Cc1ccc(OCC(=O)N/N=C/c2c(F)cccc2F)cc1. The molecule has 23 heavy (non-hydrogen) atoms. The van der Waals surface area contributed by atoms with Crippen LogP contribution in [0.25, 0.3) is 0 Å². The highest BCUT2D eigenvalue weighted by molar-refractivity contribution is 5.83. The molecule has 5 nitrogen and oxygen atoms in total. The van der Waals surface area contributed by atoms with Crippen LogP contribution in [0.15, 0.2) is 47.6 Å². The van der Waals surface area contributed by atoms with Gasteiger partial charge in [-0.2, -0.15) is 10.4 Å². The highest BCUT2D eigenvalue weighted by Crippen LogP contribution is 2.11. The number of ether oxygens (including phenoxy) is 1.